The summed E-state index contributed by atoms with van der Waals surface area (Å²) in [4.78, 5) is 108. The summed E-state index contributed by atoms with van der Waals surface area (Å²) < 4.78 is 27.5. The number of hydrogen-bond acceptors (Lipinski definition) is 15. The number of phosphoric acid groups is 1. The number of rotatable bonds is 22. The molecule has 3 saturated heterocycles. The Balaban J connectivity index is 0.000000656. The molecule has 6 amide bonds. The Hall–Kier alpha value is -3.74. The molecule has 3 heterocycles. The third-order valence-corrected chi connectivity index (χ3v) is 17.4. The number of carbonyl (C=O) groups excluding carboxylic acids is 6. The number of nitrogens with one attached hydrogen (secondary N) is 3. The zero-order valence-electron chi connectivity index (χ0n) is 56.6. The first-order valence-electron chi connectivity index (χ1n) is 31.6. The van der Waals surface area contributed by atoms with Crippen LogP contribution in [0.4, 0.5) is 0 Å². The smallest absolute Gasteiger partial charge is 0.390 e. The number of thioether (sulfide) groups is 1. The van der Waals surface area contributed by atoms with Gasteiger partial charge < -0.3 is 55.0 Å². The van der Waals surface area contributed by atoms with Crippen molar-refractivity contribution in [3.8, 4) is 0 Å². The Morgan fingerprint density at radius 1 is 0.506 bits per heavy atom. The van der Waals surface area contributed by atoms with Crippen molar-refractivity contribution in [3.63, 3.8) is 0 Å². The predicted molar refractivity (Wildman–Crippen MR) is 348 cm³/mol. The van der Waals surface area contributed by atoms with Crippen LogP contribution < -0.4 is 16.0 Å². The standard InChI is InChI=1S/C22H41N3O3S.C21H40N3O7P.C20H37N3O3/c1-8-9-12-17(4)20(28-15-29-7)19-21(26)23-13-10-11-14-24(5)18(16(2)3)22(27)25(19)6;1-7-8-11-16(4)19(30-14-31-32(27,28)29)18-20(25)22-12-9-10-13-23(5)17(15(2)3)21(26)24(18)6;1-7-8-11-15(4)18(24)17-19(25)21-12-9-10-13-22(5)16(14(2)3)20(26)23(17)6/h8-9,16-20H,10-15H2,1-7H3,(H,23,26);7-8,15-19H,9-14H2,1-6H3,(H,22,25)(H2,27,28,29);7-8,14-18,24H,9-13H2,1-6H3,(H,21,25)/b9-8+;2*8-7+. The average molecular weight is 1270 g/mol. The molecule has 504 valence electrons. The summed E-state index contributed by atoms with van der Waals surface area (Å²) in [6.07, 6.45) is 18.9. The Kier molecular flexibility index (Phi) is 39.6. The number of likely N-dealkylation sites (N-methyl/N-ethyl adjacent to an activating group) is 6. The van der Waals surface area contributed by atoms with Crippen LogP contribution in [0.25, 0.3) is 0 Å². The molecular formula is C63H118N9O13PS. The van der Waals surface area contributed by atoms with E-state index in [1.54, 1.807) is 37.8 Å². The normalized spacial score (nSPS) is 25.4. The molecule has 3 aliphatic heterocycles. The molecule has 6 N–H and O–H groups in total. The van der Waals surface area contributed by atoms with E-state index >= 15 is 0 Å². The monoisotopic (exact) mass is 1270 g/mol. The second-order valence-electron chi connectivity index (χ2n) is 24.9. The highest BCUT2D eigenvalue weighted by Crippen LogP contribution is 2.36. The quantitative estimate of drug-likeness (QED) is 0.0391. The van der Waals surface area contributed by atoms with Gasteiger partial charge in [-0.1, -0.05) is 98.8 Å². The van der Waals surface area contributed by atoms with Gasteiger partial charge in [0.05, 0.1) is 42.4 Å². The third kappa shape index (κ3) is 27.3. The van der Waals surface area contributed by atoms with Gasteiger partial charge in [0.2, 0.25) is 35.4 Å². The largest absolute Gasteiger partial charge is 0.471 e. The Bertz CT molecular complexity index is 2190. The number of ether oxygens (including phenoxy) is 2. The van der Waals surface area contributed by atoms with Gasteiger partial charge in [-0.05, 0) is 161 Å². The summed E-state index contributed by atoms with van der Waals surface area (Å²) >= 11 is 1.58. The van der Waals surface area contributed by atoms with E-state index in [0.29, 0.717) is 38.4 Å². The highest BCUT2D eigenvalue weighted by molar-refractivity contribution is 7.98. The maximum atomic E-state index is 13.5. The molecule has 0 aromatic carbocycles. The lowest BCUT2D eigenvalue weighted by atomic mass is 9.91. The van der Waals surface area contributed by atoms with Gasteiger partial charge in [-0.2, -0.15) is 0 Å². The average Bonchev–Trinajstić information content (AvgIpc) is 2.45. The van der Waals surface area contributed by atoms with Crippen LogP contribution in [0.2, 0.25) is 0 Å². The van der Waals surface area contributed by atoms with Crippen molar-refractivity contribution in [2.45, 2.75) is 195 Å². The summed E-state index contributed by atoms with van der Waals surface area (Å²) in [6.45, 7) is 27.1. The lowest BCUT2D eigenvalue weighted by molar-refractivity contribution is -0.156. The first-order valence-corrected chi connectivity index (χ1v) is 34.5. The minimum atomic E-state index is -4.75. The first-order chi connectivity index (χ1) is 40.9. The molecule has 0 saturated carbocycles. The second kappa shape index (κ2) is 42.3. The third-order valence-electron chi connectivity index (χ3n) is 16.6. The van der Waals surface area contributed by atoms with Crippen molar-refractivity contribution in [1.82, 2.24) is 45.3 Å². The number of hydrogen-bond donors (Lipinski definition) is 6. The van der Waals surface area contributed by atoms with E-state index in [4.69, 9.17) is 19.3 Å². The van der Waals surface area contributed by atoms with Crippen LogP contribution in [0.1, 0.15) is 141 Å². The molecule has 22 nitrogen and oxygen atoms in total. The highest BCUT2D eigenvalue weighted by Gasteiger charge is 2.44. The molecule has 3 fully saturated rings. The van der Waals surface area contributed by atoms with Crippen LogP contribution in [0.5, 0.6) is 0 Å². The van der Waals surface area contributed by atoms with E-state index < -0.39 is 51.0 Å². The molecule has 0 aromatic heterocycles. The number of aliphatic hydroxyl groups is 1. The van der Waals surface area contributed by atoms with Crippen LogP contribution in [-0.4, -0.2) is 235 Å². The lowest BCUT2D eigenvalue weighted by Gasteiger charge is -2.39. The van der Waals surface area contributed by atoms with Crippen molar-refractivity contribution >= 4 is 55.0 Å². The topological polar surface area (TPSA) is 263 Å². The highest BCUT2D eigenvalue weighted by atomic mass is 32.2. The number of nitrogens with zero attached hydrogens (tertiary/aromatic N) is 6. The number of phosphoric ester groups is 1. The van der Waals surface area contributed by atoms with E-state index in [9.17, 15) is 38.4 Å². The summed E-state index contributed by atoms with van der Waals surface area (Å²) in [5.74, 6) is -0.542. The van der Waals surface area contributed by atoms with E-state index in [0.717, 1.165) is 64.6 Å². The van der Waals surface area contributed by atoms with Crippen LogP contribution >= 0.6 is 19.6 Å². The van der Waals surface area contributed by atoms with Crippen LogP contribution in [-0.2, 0) is 47.3 Å². The van der Waals surface area contributed by atoms with Gasteiger partial charge >= 0.3 is 7.82 Å². The van der Waals surface area contributed by atoms with Gasteiger partial charge in [-0.15, -0.1) is 11.8 Å². The summed E-state index contributed by atoms with van der Waals surface area (Å²) in [6, 6.07) is -3.48. The zero-order valence-corrected chi connectivity index (χ0v) is 58.3. The van der Waals surface area contributed by atoms with Gasteiger partial charge in [0.15, 0.2) is 6.79 Å². The molecule has 0 aromatic rings. The molecular weight excluding hydrogens is 1150 g/mol. The molecule has 3 aliphatic rings. The first kappa shape index (κ1) is 81.3. The van der Waals surface area contributed by atoms with E-state index in [-0.39, 0.29) is 89.1 Å². The fourth-order valence-electron chi connectivity index (χ4n) is 11.7. The summed E-state index contributed by atoms with van der Waals surface area (Å²) in [5.41, 5.74) is 0. The van der Waals surface area contributed by atoms with Crippen LogP contribution in [0, 0.1) is 35.5 Å². The van der Waals surface area contributed by atoms with Crippen molar-refractivity contribution in [2.75, 3.05) is 101 Å². The molecule has 0 spiro atoms. The predicted octanol–water partition coefficient (Wildman–Crippen LogP) is 6.36. The van der Waals surface area contributed by atoms with Crippen LogP contribution in [0.3, 0.4) is 0 Å². The maximum absolute atomic E-state index is 13.5. The molecule has 12 unspecified atom stereocenters. The lowest BCUT2D eigenvalue weighted by Crippen LogP contribution is -2.60. The molecule has 0 radical (unpaired) electrons. The van der Waals surface area contributed by atoms with E-state index in [1.165, 1.54) is 9.80 Å². The molecule has 3 rings (SSSR count). The zero-order chi connectivity index (χ0) is 66.3. The van der Waals surface area contributed by atoms with E-state index in [1.807, 2.05) is 125 Å². The fourth-order valence-corrected chi connectivity index (χ4v) is 12.2. The molecule has 0 bridgehead atoms. The van der Waals surface area contributed by atoms with Crippen molar-refractivity contribution < 1.29 is 62.2 Å². The number of aliphatic hydroxyl groups excluding tert-OH is 1. The Labute approximate surface area is 528 Å². The van der Waals surface area contributed by atoms with Crippen LogP contribution in [0.15, 0.2) is 36.5 Å². The molecule has 0 aliphatic carbocycles. The van der Waals surface area contributed by atoms with Gasteiger partial charge in [-0.25, -0.2) is 4.57 Å². The summed E-state index contributed by atoms with van der Waals surface area (Å²) in [5, 5.41) is 19.7. The molecule has 12 atom stereocenters. The molecule has 87 heavy (non-hydrogen) atoms. The van der Waals surface area contributed by atoms with Crippen molar-refractivity contribution in [3.05, 3.63) is 36.5 Å². The van der Waals surface area contributed by atoms with Gasteiger partial charge in [0.25, 0.3) is 0 Å². The summed E-state index contributed by atoms with van der Waals surface area (Å²) in [7, 11) is 6.11. The Morgan fingerprint density at radius 2 is 0.816 bits per heavy atom. The maximum Gasteiger partial charge on any atom is 0.471 e. The number of allylic oxidation sites excluding steroid dienone is 6. The molecule has 24 heteroatoms. The van der Waals surface area contributed by atoms with Gasteiger partial charge in [0.1, 0.15) is 18.1 Å². The van der Waals surface area contributed by atoms with Crippen molar-refractivity contribution in [1.29, 1.82) is 0 Å². The van der Waals surface area contributed by atoms with Gasteiger partial charge in [0, 0.05) is 40.8 Å². The van der Waals surface area contributed by atoms with Crippen molar-refractivity contribution in [2.24, 2.45) is 35.5 Å². The SMILES string of the molecule is C/C=C/CC(C)C(O)C1C(=O)NCCCCN(C)C(C(C)C)C(=O)N1C.C/C=C/CC(C)C(OCOP(=O)(O)O)C1C(=O)NCCCCN(C)C(C(C)C)C(=O)N1C.C/C=C/CC(C)C(OCSC)C1C(=O)NCCCCN(C)C(C(C)C)C(=O)N1C. The van der Waals surface area contributed by atoms with Gasteiger partial charge in [-0.3, -0.25) is 48.0 Å². The number of carbonyl (C=O) groups is 6. The Morgan fingerprint density at radius 3 is 1.13 bits per heavy atom. The number of amides is 6. The minimum absolute atomic E-state index is 0.0134. The second-order valence-corrected chi connectivity index (χ2v) is 27.0. The van der Waals surface area contributed by atoms with E-state index in [2.05, 4.69) is 57.1 Å². The fraction of sp³-hybridized carbons (Fsp3) is 0.810. The minimum Gasteiger partial charge on any atom is -0.390 e.